The van der Waals surface area contributed by atoms with Crippen molar-refractivity contribution >= 4 is 34.7 Å². The second-order valence-electron chi connectivity index (χ2n) is 8.36. The van der Waals surface area contributed by atoms with Crippen molar-refractivity contribution in [2.24, 2.45) is 5.92 Å². The standard InChI is InChI=1S/C25H33N3O2S/c1-5-30-24(29)21-10-13-23(18(3)15-21)27-25(31)26-19(4)20-8-11-22(12-9-20)28-14-6-7-17(2)16-28/h8-13,15,17,19H,5-7,14,16H2,1-4H3,(H2,26,27,31)/t17-,19-/m1/s1. The largest absolute Gasteiger partial charge is 0.462 e. The summed E-state index contributed by atoms with van der Waals surface area (Å²) in [5, 5.41) is 7.14. The van der Waals surface area contributed by atoms with Gasteiger partial charge in [-0.1, -0.05) is 19.1 Å². The van der Waals surface area contributed by atoms with Crippen LogP contribution in [-0.2, 0) is 4.74 Å². The van der Waals surface area contributed by atoms with E-state index in [1.54, 1.807) is 13.0 Å². The number of hydrogen-bond donors (Lipinski definition) is 2. The maximum Gasteiger partial charge on any atom is 0.338 e. The van der Waals surface area contributed by atoms with Gasteiger partial charge in [-0.15, -0.1) is 0 Å². The molecule has 2 aromatic carbocycles. The van der Waals surface area contributed by atoms with E-state index in [4.69, 9.17) is 17.0 Å². The third-order valence-electron chi connectivity index (χ3n) is 5.75. The lowest BCUT2D eigenvalue weighted by molar-refractivity contribution is 0.0526. The molecule has 2 N–H and O–H groups in total. The van der Waals surface area contributed by atoms with Crippen molar-refractivity contribution in [2.75, 3.05) is 29.9 Å². The van der Waals surface area contributed by atoms with Gasteiger partial charge < -0.3 is 20.3 Å². The first-order chi connectivity index (χ1) is 14.9. The van der Waals surface area contributed by atoms with Crippen LogP contribution >= 0.6 is 12.2 Å². The topological polar surface area (TPSA) is 53.6 Å². The summed E-state index contributed by atoms with van der Waals surface area (Å²) in [4.78, 5) is 14.4. The Labute approximate surface area is 191 Å². The molecule has 0 aliphatic carbocycles. The minimum atomic E-state index is -0.311. The van der Waals surface area contributed by atoms with E-state index >= 15 is 0 Å². The SMILES string of the molecule is CCOC(=O)c1ccc(NC(=S)N[C@H](C)c2ccc(N3CCC[C@@H](C)C3)cc2)c(C)c1. The van der Waals surface area contributed by atoms with E-state index in [1.807, 2.05) is 19.1 Å². The molecule has 5 nitrogen and oxygen atoms in total. The zero-order valence-electron chi connectivity index (χ0n) is 18.9. The minimum absolute atomic E-state index is 0.0773. The number of benzene rings is 2. The lowest BCUT2D eigenvalue weighted by atomic mass is 9.99. The molecule has 0 saturated carbocycles. The van der Waals surface area contributed by atoms with Crippen LogP contribution in [0.3, 0.4) is 0 Å². The lowest BCUT2D eigenvalue weighted by Gasteiger charge is -2.33. The van der Waals surface area contributed by atoms with Crippen molar-refractivity contribution in [2.45, 2.75) is 46.6 Å². The van der Waals surface area contributed by atoms with Crippen molar-refractivity contribution in [1.29, 1.82) is 0 Å². The molecule has 166 valence electrons. The van der Waals surface area contributed by atoms with Crippen LogP contribution < -0.4 is 15.5 Å². The molecule has 1 aliphatic heterocycles. The van der Waals surface area contributed by atoms with E-state index in [0.29, 0.717) is 17.3 Å². The summed E-state index contributed by atoms with van der Waals surface area (Å²) in [5.41, 5.74) is 4.82. The maximum absolute atomic E-state index is 11.9. The first-order valence-corrected chi connectivity index (χ1v) is 11.5. The van der Waals surface area contributed by atoms with Gasteiger partial charge in [0.15, 0.2) is 5.11 Å². The molecule has 0 amide bonds. The summed E-state index contributed by atoms with van der Waals surface area (Å²) in [7, 11) is 0. The summed E-state index contributed by atoms with van der Waals surface area (Å²) in [6.07, 6.45) is 2.59. The molecule has 0 aromatic heterocycles. The van der Waals surface area contributed by atoms with Crippen molar-refractivity contribution < 1.29 is 9.53 Å². The number of thiocarbonyl (C=S) groups is 1. The van der Waals surface area contributed by atoms with Crippen LogP contribution in [0.1, 0.15) is 61.1 Å². The zero-order valence-corrected chi connectivity index (χ0v) is 19.7. The van der Waals surface area contributed by atoms with Crippen molar-refractivity contribution in [3.05, 3.63) is 59.2 Å². The fourth-order valence-electron chi connectivity index (χ4n) is 3.98. The molecule has 0 radical (unpaired) electrons. The predicted molar refractivity (Wildman–Crippen MR) is 132 cm³/mol. The molecule has 1 heterocycles. The van der Waals surface area contributed by atoms with Crippen molar-refractivity contribution in [3.63, 3.8) is 0 Å². The monoisotopic (exact) mass is 439 g/mol. The number of hydrogen-bond acceptors (Lipinski definition) is 4. The van der Waals surface area contributed by atoms with E-state index in [-0.39, 0.29) is 12.0 Å². The summed E-state index contributed by atoms with van der Waals surface area (Å²) in [6, 6.07) is 14.3. The van der Waals surface area contributed by atoms with Crippen molar-refractivity contribution in [3.8, 4) is 0 Å². The van der Waals surface area contributed by atoms with Gasteiger partial charge in [-0.2, -0.15) is 0 Å². The number of esters is 1. The van der Waals surface area contributed by atoms with Crippen LogP contribution in [0, 0.1) is 12.8 Å². The molecule has 31 heavy (non-hydrogen) atoms. The molecule has 0 spiro atoms. The molecular weight excluding hydrogens is 406 g/mol. The Morgan fingerprint density at radius 2 is 2.00 bits per heavy atom. The fraction of sp³-hybridized carbons (Fsp3) is 0.440. The Hall–Kier alpha value is -2.60. The molecule has 2 aromatic rings. The van der Waals surface area contributed by atoms with Crippen LogP contribution in [-0.4, -0.2) is 30.8 Å². The van der Waals surface area contributed by atoms with Gasteiger partial charge in [0, 0.05) is 24.5 Å². The van der Waals surface area contributed by atoms with Crippen LogP contribution in [0.4, 0.5) is 11.4 Å². The number of nitrogens with zero attached hydrogens (tertiary/aromatic N) is 1. The van der Waals surface area contributed by atoms with E-state index in [1.165, 1.54) is 24.1 Å². The fourth-order valence-corrected chi connectivity index (χ4v) is 4.27. The van der Waals surface area contributed by atoms with E-state index in [0.717, 1.165) is 30.3 Å². The van der Waals surface area contributed by atoms with E-state index in [2.05, 4.69) is 53.6 Å². The Bertz CT molecular complexity index is 913. The number of aryl methyl sites for hydroxylation is 1. The van der Waals surface area contributed by atoms with Gasteiger partial charge in [0.1, 0.15) is 0 Å². The van der Waals surface area contributed by atoms with Crippen LogP contribution in [0.15, 0.2) is 42.5 Å². The summed E-state index contributed by atoms with van der Waals surface area (Å²) >= 11 is 5.52. The quantitative estimate of drug-likeness (QED) is 0.461. The Kier molecular flexibility index (Phi) is 7.91. The van der Waals surface area contributed by atoms with Gasteiger partial charge in [0.2, 0.25) is 0 Å². The summed E-state index contributed by atoms with van der Waals surface area (Å²) in [6.45, 7) is 10.8. The van der Waals surface area contributed by atoms with Crippen LogP contribution in [0.5, 0.6) is 0 Å². The number of ether oxygens (including phenoxy) is 1. The molecular formula is C25H33N3O2S. The smallest absolute Gasteiger partial charge is 0.338 e. The summed E-state index contributed by atoms with van der Waals surface area (Å²) in [5.74, 6) is 0.446. The first kappa shape index (κ1) is 23.1. The van der Waals surface area contributed by atoms with E-state index in [9.17, 15) is 4.79 Å². The maximum atomic E-state index is 11.9. The highest BCUT2D eigenvalue weighted by Gasteiger charge is 2.17. The van der Waals surface area contributed by atoms with Gasteiger partial charge in [-0.05, 0) is 93.2 Å². The molecule has 2 atom stereocenters. The van der Waals surface area contributed by atoms with Gasteiger partial charge in [-0.3, -0.25) is 0 Å². The number of anilines is 2. The molecule has 6 heteroatoms. The Balaban J connectivity index is 1.57. The zero-order chi connectivity index (χ0) is 22.4. The first-order valence-electron chi connectivity index (χ1n) is 11.1. The highest BCUT2D eigenvalue weighted by Crippen LogP contribution is 2.25. The van der Waals surface area contributed by atoms with Gasteiger partial charge in [0.25, 0.3) is 0 Å². The highest BCUT2D eigenvalue weighted by molar-refractivity contribution is 7.80. The number of nitrogens with one attached hydrogen (secondary N) is 2. The van der Waals surface area contributed by atoms with Gasteiger partial charge in [-0.25, -0.2) is 4.79 Å². The lowest BCUT2D eigenvalue weighted by Crippen LogP contribution is -2.34. The average molecular weight is 440 g/mol. The Morgan fingerprint density at radius 3 is 2.65 bits per heavy atom. The Morgan fingerprint density at radius 1 is 1.26 bits per heavy atom. The number of piperidine rings is 1. The van der Waals surface area contributed by atoms with Gasteiger partial charge >= 0.3 is 5.97 Å². The van der Waals surface area contributed by atoms with Crippen molar-refractivity contribution in [1.82, 2.24) is 5.32 Å². The average Bonchev–Trinajstić information content (AvgIpc) is 2.75. The number of carbonyl (C=O) groups is 1. The third-order valence-corrected chi connectivity index (χ3v) is 5.97. The normalized spacial score (nSPS) is 17.0. The predicted octanol–water partition coefficient (Wildman–Crippen LogP) is 5.46. The highest BCUT2D eigenvalue weighted by atomic mass is 32.1. The second kappa shape index (κ2) is 10.6. The van der Waals surface area contributed by atoms with Gasteiger partial charge in [0.05, 0.1) is 18.2 Å². The summed E-state index contributed by atoms with van der Waals surface area (Å²) < 4.78 is 5.06. The van der Waals surface area contributed by atoms with Crippen LogP contribution in [0.25, 0.3) is 0 Å². The molecule has 1 aliphatic rings. The number of rotatable bonds is 6. The number of carbonyl (C=O) groups excluding carboxylic acids is 1. The third kappa shape index (κ3) is 6.20. The molecule has 0 bridgehead atoms. The van der Waals surface area contributed by atoms with E-state index < -0.39 is 0 Å². The molecule has 1 saturated heterocycles. The molecule has 1 fully saturated rings. The molecule has 3 rings (SSSR count). The second-order valence-corrected chi connectivity index (χ2v) is 8.76. The minimum Gasteiger partial charge on any atom is -0.462 e. The van der Waals surface area contributed by atoms with Crippen LogP contribution in [0.2, 0.25) is 0 Å². The molecule has 0 unspecified atom stereocenters.